The number of rotatable bonds is 0. The maximum absolute atomic E-state index is 5.44. The van der Waals surface area contributed by atoms with Crippen molar-refractivity contribution in [3.8, 4) is 23.5 Å². The van der Waals surface area contributed by atoms with Crippen molar-refractivity contribution < 1.29 is 0 Å². The van der Waals surface area contributed by atoms with E-state index in [1.165, 1.54) is 22.3 Å². The van der Waals surface area contributed by atoms with Crippen LogP contribution in [0, 0.1) is 12.3 Å². The van der Waals surface area contributed by atoms with Crippen LogP contribution >= 0.6 is 15.9 Å². The van der Waals surface area contributed by atoms with Crippen molar-refractivity contribution in [2.24, 2.45) is 0 Å². The van der Waals surface area contributed by atoms with Crippen molar-refractivity contribution in [1.29, 1.82) is 0 Å². The fourth-order valence-electron chi connectivity index (χ4n) is 2.45. The van der Waals surface area contributed by atoms with Gasteiger partial charge in [-0.2, -0.15) is 0 Å². The van der Waals surface area contributed by atoms with Crippen LogP contribution in [-0.2, 0) is 12.8 Å². The molecule has 0 aliphatic heterocycles. The SMILES string of the molecule is C#Cc1ccc2c(c1)CCc1cc(Br)ccc1-2. The first-order chi connectivity index (χ1) is 8.28. The molecule has 3 rings (SSSR count). The zero-order valence-corrected chi connectivity index (χ0v) is 10.9. The first-order valence-electron chi connectivity index (χ1n) is 5.66. The number of fused-ring (bicyclic) bond motifs is 3. The van der Waals surface area contributed by atoms with Crippen molar-refractivity contribution in [3.05, 3.63) is 57.6 Å². The smallest absolute Gasteiger partial charge is 0.0245 e. The Balaban J connectivity index is 2.21. The van der Waals surface area contributed by atoms with Gasteiger partial charge in [-0.05, 0) is 59.4 Å². The molecule has 0 heterocycles. The van der Waals surface area contributed by atoms with Gasteiger partial charge in [0.1, 0.15) is 0 Å². The lowest BCUT2D eigenvalue weighted by Gasteiger charge is -2.20. The van der Waals surface area contributed by atoms with Gasteiger partial charge < -0.3 is 0 Å². The van der Waals surface area contributed by atoms with E-state index in [4.69, 9.17) is 6.42 Å². The first-order valence-corrected chi connectivity index (χ1v) is 6.45. The molecule has 2 aromatic carbocycles. The Bertz CT molecular complexity index is 632. The number of terminal acetylenes is 1. The highest BCUT2D eigenvalue weighted by Crippen LogP contribution is 2.35. The second-order valence-corrected chi connectivity index (χ2v) is 5.23. The molecule has 0 fully saturated rings. The monoisotopic (exact) mass is 282 g/mol. The Hall–Kier alpha value is -1.52. The Morgan fingerprint density at radius 3 is 2.29 bits per heavy atom. The molecule has 0 saturated heterocycles. The van der Waals surface area contributed by atoms with Gasteiger partial charge in [-0.25, -0.2) is 0 Å². The number of hydrogen-bond acceptors (Lipinski definition) is 0. The second kappa shape index (κ2) is 4.05. The van der Waals surface area contributed by atoms with Gasteiger partial charge >= 0.3 is 0 Å². The van der Waals surface area contributed by atoms with E-state index in [9.17, 15) is 0 Å². The molecular weight excluding hydrogens is 272 g/mol. The molecule has 0 amide bonds. The highest BCUT2D eigenvalue weighted by Gasteiger charge is 2.15. The number of hydrogen-bond donors (Lipinski definition) is 0. The minimum atomic E-state index is 0.976. The van der Waals surface area contributed by atoms with Crippen LogP contribution < -0.4 is 0 Å². The Morgan fingerprint density at radius 1 is 0.941 bits per heavy atom. The molecule has 0 nitrogen and oxygen atoms in total. The molecule has 0 spiro atoms. The normalized spacial score (nSPS) is 12.5. The average Bonchev–Trinajstić information content (AvgIpc) is 2.37. The van der Waals surface area contributed by atoms with Crippen LogP contribution in [0.3, 0.4) is 0 Å². The van der Waals surface area contributed by atoms with E-state index in [0.29, 0.717) is 0 Å². The first kappa shape index (κ1) is 10.6. The molecule has 82 valence electrons. The topological polar surface area (TPSA) is 0 Å². The van der Waals surface area contributed by atoms with Gasteiger partial charge in [0.2, 0.25) is 0 Å². The van der Waals surface area contributed by atoms with Crippen molar-refractivity contribution in [1.82, 2.24) is 0 Å². The van der Waals surface area contributed by atoms with Crippen LogP contribution in [0.4, 0.5) is 0 Å². The van der Waals surface area contributed by atoms with Gasteiger partial charge in [0.15, 0.2) is 0 Å². The summed E-state index contributed by atoms with van der Waals surface area (Å²) < 4.78 is 1.15. The van der Waals surface area contributed by atoms with Gasteiger partial charge in [-0.15, -0.1) is 6.42 Å². The molecule has 1 aliphatic carbocycles. The van der Waals surface area contributed by atoms with E-state index >= 15 is 0 Å². The number of benzene rings is 2. The Morgan fingerprint density at radius 2 is 1.59 bits per heavy atom. The largest absolute Gasteiger partial charge is 0.115 e. The molecule has 1 aliphatic rings. The number of aryl methyl sites for hydroxylation is 2. The standard InChI is InChI=1S/C16H11Br/c1-2-11-3-7-15-12(9-11)4-5-13-10-14(17)6-8-16(13)15/h1,3,6-10H,4-5H2. The summed E-state index contributed by atoms with van der Waals surface area (Å²) in [5.41, 5.74) is 6.44. The molecular formula is C16H11Br. The molecule has 0 unspecified atom stereocenters. The third-order valence-corrected chi connectivity index (χ3v) is 3.79. The van der Waals surface area contributed by atoms with E-state index < -0.39 is 0 Å². The van der Waals surface area contributed by atoms with Crippen LogP contribution in [0.15, 0.2) is 40.9 Å². The molecule has 0 N–H and O–H groups in total. The van der Waals surface area contributed by atoms with Gasteiger partial charge in [0, 0.05) is 10.0 Å². The quantitative estimate of drug-likeness (QED) is 0.636. The molecule has 17 heavy (non-hydrogen) atoms. The molecule has 2 aromatic rings. The highest BCUT2D eigenvalue weighted by molar-refractivity contribution is 9.10. The summed E-state index contributed by atoms with van der Waals surface area (Å²) in [5, 5.41) is 0. The molecule has 0 aromatic heterocycles. The minimum Gasteiger partial charge on any atom is -0.115 e. The maximum atomic E-state index is 5.44. The zero-order valence-electron chi connectivity index (χ0n) is 9.33. The lowest BCUT2D eigenvalue weighted by molar-refractivity contribution is 0.940. The van der Waals surface area contributed by atoms with Crippen molar-refractivity contribution in [3.63, 3.8) is 0 Å². The van der Waals surface area contributed by atoms with Crippen LogP contribution in [0.2, 0.25) is 0 Å². The summed E-state index contributed by atoms with van der Waals surface area (Å²) in [7, 11) is 0. The summed E-state index contributed by atoms with van der Waals surface area (Å²) in [6.45, 7) is 0. The summed E-state index contributed by atoms with van der Waals surface area (Å²) >= 11 is 3.53. The Labute approximate surface area is 110 Å². The fraction of sp³-hybridized carbons (Fsp3) is 0.125. The van der Waals surface area contributed by atoms with Gasteiger partial charge in [0.25, 0.3) is 0 Å². The maximum Gasteiger partial charge on any atom is 0.0245 e. The van der Waals surface area contributed by atoms with Gasteiger partial charge in [-0.1, -0.05) is 34.0 Å². The molecule has 0 bridgehead atoms. The van der Waals surface area contributed by atoms with Crippen molar-refractivity contribution >= 4 is 15.9 Å². The molecule has 0 radical (unpaired) electrons. The molecule has 0 atom stereocenters. The van der Waals surface area contributed by atoms with Crippen LogP contribution in [0.25, 0.3) is 11.1 Å². The third-order valence-electron chi connectivity index (χ3n) is 3.29. The minimum absolute atomic E-state index is 0.976. The highest BCUT2D eigenvalue weighted by atomic mass is 79.9. The second-order valence-electron chi connectivity index (χ2n) is 4.32. The van der Waals surface area contributed by atoms with E-state index in [2.05, 4.69) is 52.2 Å². The van der Waals surface area contributed by atoms with E-state index in [1.54, 1.807) is 0 Å². The van der Waals surface area contributed by atoms with E-state index in [1.807, 2.05) is 6.07 Å². The molecule has 0 saturated carbocycles. The van der Waals surface area contributed by atoms with Crippen LogP contribution in [0.5, 0.6) is 0 Å². The van der Waals surface area contributed by atoms with Crippen molar-refractivity contribution in [2.45, 2.75) is 12.8 Å². The zero-order chi connectivity index (χ0) is 11.8. The lowest BCUT2D eigenvalue weighted by atomic mass is 9.85. The predicted octanol–water partition coefficient (Wildman–Crippen LogP) is 4.20. The van der Waals surface area contributed by atoms with Crippen LogP contribution in [-0.4, -0.2) is 0 Å². The van der Waals surface area contributed by atoms with E-state index in [-0.39, 0.29) is 0 Å². The summed E-state index contributed by atoms with van der Waals surface area (Å²) in [6, 6.07) is 12.8. The Kier molecular flexibility index (Phi) is 2.53. The lowest BCUT2D eigenvalue weighted by Crippen LogP contribution is -2.04. The van der Waals surface area contributed by atoms with Crippen molar-refractivity contribution in [2.75, 3.05) is 0 Å². The van der Waals surface area contributed by atoms with Gasteiger partial charge in [0.05, 0.1) is 0 Å². The van der Waals surface area contributed by atoms with Crippen LogP contribution in [0.1, 0.15) is 16.7 Å². The summed E-state index contributed by atoms with van der Waals surface area (Å²) in [6.07, 6.45) is 7.61. The average molecular weight is 283 g/mol. The predicted molar refractivity (Wildman–Crippen MR) is 74.9 cm³/mol. The van der Waals surface area contributed by atoms with E-state index in [0.717, 1.165) is 22.9 Å². The molecule has 1 heteroatoms. The fourth-order valence-corrected chi connectivity index (χ4v) is 2.86. The summed E-state index contributed by atoms with van der Waals surface area (Å²) in [4.78, 5) is 0. The van der Waals surface area contributed by atoms with Gasteiger partial charge in [-0.3, -0.25) is 0 Å². The summed E-state index contributed by atoms with van der Waals surface area (Å²) in [5.74, 6) is 2.70. The number of halogens is 1. The third kappa shape index (κ3) is 1.79.